The fraction of sp³-hybridized carbons (Fsp3) is 0.375. The van der Waals surface area contributed by atoms with Gasteiger partial charge in [0.2, 0.25) is 5.95 Å². The van der Waals surface area contributed by atoms with E-state index >= 15 is 0 Å². The summed E-state index contributed by atoms with van der Waals surface area (Å²) in [7, 11) is -1.91. The number of hydrogen-bond donors (Lipinski definition) is 2. The highest BCUT2D eigenvalue weighted by Crippen LogP contribution is 2.42. The number of nitrogens with one attached hydrogen (secondary N) is 2. The van der Waals surface area contributed by atoms with Gasteiger partial charge >= 0.3 is 28.4 Å². The van der Waals surface area contributed by atoms with Crippen LogP contribution in [0.25, 0.3) is 0 Å². The number of ether oxygens (including phenoxy) is 3. The van der Waals surface area contributed by atoms with Crippen LogP contribution in [0.15, 0.2) is 18.2 Å². The van der Waals surface area contributed by atoms with E-state index in [-0.39, 0.29) is 23.7 Å². The first-order valence-electron chi connectivity index (χ1n) is 8.29. The van der Waals surface area contributed by atoms with Gasteiger partial charge in [-0.15, -0.1) is 4.98 Å². The molecule has 0 bridgehead atoms. The Labute approximate surface area is 166 Å². The van der Waals surface area contributed by atoms with Crippen LogP contribution in [0.1, 0.15) is 19.4 Å². The van der Waals surface area contributed by atoms with Crippen molar-refractivity contribution >= 4 is 22.3 Å². The van der Waals surface area contributed by atoms with E-state index in [4.69, 9.17) is 18.4 Å². The number of carbonyl (C=O) groups is 1. The van der Waals surface area contributed by atoms with Gasteiger partial charge in [0.05, 0.1) is 14.2 Å². The van der Waals surface area contributed by atoms with Crippen LogP contribution in [0.3, 0.4) is 0 Å². The second kappa shape index (κ2) is 7.58. The van der Waals surface area contributed by atoms with Gasteiger partial charge in [0.15, 0.2) is 11.5 Å². The maximum Gasteiger partial charge on any atom is 0.411 e. The smallest absolute Gasteiger partial charge is 0.411 e. The van der Waals surface area contributed by atoms with Gasteiger partial charge in [0.25, 0.3) is 0 Å². The second-order valence-corrected chi connectivity index (χ2v) is 7.79. The highest BCUT2D eigenvalue weighted by atomic mass is 32.2. The van der Waals surface area contributed by atoms with Crippen LogP contribution >= 0.6 is 0 Å². The van der Waals surface area contributed by atoms with Crippen molar-refractivity contribution in [1.82, 2.24) is 19.7 Å². The van der Waals surface area contributed by atoms with E-state index in [1.807, 2.05) is 19.9 Å². The summed E-state index contributed by atoms with van der Waals surface area (Å²) < 4.78 is 46.7. The minimum Gasteiger partial charge on any atom is -0.483 e. The zero-order chi connectivity index (χ0) is 21.2. The van der Waals surface area contributed by atoms with Gasteiger partial charge in [-0.2, -0.15) is 18.4 Å². The SMILES string of the molecule is COc1nc(NC(=O)NS(=O)(=O)Oc2cccc3c2OC(C)(C)C3)nc(OC)n1. The number of para-hydroxylation sites is 1. The summed E-state index contributed by atoms with van der Waals surface area (Å²) >= 11 is 0. The summed E-state index contributed by atoms with van der Waals surface area (Å²) in [6.07, 6.45) is 0.594. The molecule has 2 aromatic rings. The maximum atomic E-state index is 12.3. The molecule has 3 rings (SSSR count). The molecule has 0 atom stereocenters. The van der Waals surface area contributed by atoms with Gasteiger partial charge in [0, 0.05) is 12.0 Å². The molecule has 0 fully saturated rings. The normalized spacial score (nSPS) is 14.3. The molecule has 0 saturated carbocycles. The third-order valence-electron chi connectivity index (χ3n) is 3.66. The molecule has 12 nitrogen and oxygen atoms in total. The number of hydrogen-bond acceptors (Lipinski definition) is 10. The van der Waals surface area contributed by atoms with Gasteiger partial charge in [-0.1, -0.05) is 12.1 Å². The third-order valence-corrected chi connectivity index (χ3v) is 4.49. The molecule has 1 aliphatic rings. The average molecular weight is 425 g/mol. The Kier molecular flexibility index (Phi) is 5.33. The number of methoxy groups -OCH3 is 2. The minimum absolute atomic E-state index is 0.0307. The first-order chi connectivity index (χ1) is 13.6. The Balaban J connectivity index is 1.71. The highest BCUT2D eigenvalue weighted by Gasteiger charge is 2.33. The quantitative estimate of drug-likeness (QED) is 0.687. The monoisotopic (exact) mass is 425 g/mol. The van der Waals surface area contributed by atoms with Gasteiger partial charge in [-0.25, -0.2) is 9.52 Å². The molecular formula is C16H19N5O7S. The van der Waals surface area contributed by atoms with Crippen LogP contribution in [-0.2, 0) is 16.7 Å². The van der Waals surface area contributed by atoms with Gasteiger partial charge in [0.1, 0.15) is 5.60 Å². The van der Waals surface area contributed by atoms with E-state index in [1.54, 1.807) is 10.8 Å². The summed E-state index contributed by atoms with van der Waals surface area (Å²) in [5.41, 5.74) is 0.309. The predicted molar refractivity (Wildman–Crippen MR) is 99.5 cm³/mol. The van der Waals surface area contributed by atoms with Crippen molar-refractivity contribution in [3.63, 3.8) is 0 Å². The van der Waals surface area contributed by atoms with Crippen molar-refractivity contribution in [3.8, 4) is 23.5 Å². The number of carbonyl (C=O) groups excluding carboxylic acids is 1. The molecule has 1 aromatic carbocycles. The van der Waals surface area contributed by atoms with Gasteiger partial charge in [-0.05, 0) is 19.9 Å². The van der Waals surface area contributed by atoms with Crippen LogP contribution in [0.4, 0.5) is 10.7 Å². The molecule has 2 N–H and O–H groups in total. The summed E-state index contributed by atoms with van der Waals surface area (Å²) in [5.74, 6) is -0.000756. The summed E-state index contributed by atoms with van der Waals surface area (Å²) in [4.78, 5) is 23.3. The Morgan fingerprint density at radius 1 is 1.14 bits per heavy atom. The molecular weight excluding hydrogens is 406 g/mol. The third kappa shape index (κ3) is 4.93. The number of benzene rings is 1. The summed E-state index contributed by atoms with van der Waals surface area (Å²) in [6.45, 7) is 3.74. The van der Waals surface area contributed by atoms with Crippen molar-refractivity contribution in [2.45, 2.75) is 25.9 Å². The molecule has 156 valence electrons. The van der Waals surface area contributed by atoms with Crippen LogP contribution < -0.4 is 28.4 Å². The lowest BCUT2D eigenvalue weighted by Gasteiger charge is -2.18. The Morgan fingerprint density at radius 2 is 1.79 bits per heavy atom. The number of anilines is 1. The second-order valence-electron chi connectivity index (χ2n) is 6.51. The van der Waals surface area contributed by atoms with Crippen LogP contribution in [0, 0.1) is 0 Å². The topological polar surface area (TPSA) is 151 Å². The lowest BCUT2D eigenvalue weighted by atomic mass is 10.0. The van der Waals surface area contributed by atoms with Crippen molar-refractivity contribution < 1.29 is 31.6 Å². The molecule has 1 aliphatic heterocycles. The lowest BCUT2D eigenvalue weighted by molar-refractivity contribution is 0.136. The van der Waals surface area contributed by atoms with Crippen molar-refractivity contribution in [1.29, 1.82) is 0 Å². The van der Waals surface area contributed by atoms with Gasteiger partial charge < -0.3 is 18.4 Å². The average Bonchev–Trinajstić information content (AvgIpc) is 2.95. The summed E-state index contributed by atoms with van der Waals surface area (Å²) in [6, 6.07) is 3.45. The molecule has 2 amide bonds. The number of nitrogens with zero attached hydrogens (tertiary/aromatic N) is 3. The molecule has 0 unspecified atom stereocenters. The molecule has 0 radical (unpaired) electrons. The van der Waals surface area contributed by atoms with Crippen LogP contribution in [-0.4, -0.2) is 49.2 Å². The first-order valence-corrected chi connectivity index (χ1v) is 9.70. The van der Waals surface area contributed by atoms with Crippen LogP contribution in [0.5, 0.6) is 23.5 Å². The Morgan fingerprint density at radius 3 is 2.41 bits per heavy atom. The van der Waals surface area contributed by atoms with E-state index in [1.165, 1.54) is 20.3 Å². The molecule has 13 heteroatoms. The van der Waals surface area contributed by atoms with Crippen molar-refractivity contribution in [2.75, 3.05) is 19.5 Å². The molecule has 0 saturated heterocycles. The zero-order valence-corrected chi connectivity index (χ0v) is 16.9. The van der Waals surface area contributed by atoms with Crippen molar-refractivity contribution in [2.24, 2.45) is 0 Å². The van der Waals surface area contributed by atoms with Gasteiger partial charge in [-0.3, -0.25) is 5.32 Å². The van der Waals surface area contributed by atoms with Crippen molar-refractivity contribution in [3.05, 3.63) is 23.8 Å². The zero-order valence-electron chi connectivity index (χ0n) is 16.0. The maximum absolute atomic E-state index is 12.3. The lowest BCUT2D eigenvalue weighted by Crippen LogP contribution is -2.37. The Bertz CT molecular complexity index is 1020. The molecule has 0 aliphatic carbocycles. The molecule has 2 heterocycles. The number of aromatic nitrogens is 3. The molecule has 29 heavy (non-hydrogen) atoms. The number of amides is 2. The highest BCUT2D eigenvalue weighted by molar-refractivity contribution is 7.85. The number of urea groups is 1. The largest absolute Gasteiger partial charge is 0.483 e. The van der Waals surface area contributed by atoms with E-state index in [0.29, 0.717) is 12.2 Å². The fourth-order valence-electron chi connectivity index (χ4n) is 2.61. The summed E-state index contributed by atoms with van der Waals surface area (Å²) in [5, 5.41) is 2.14. The number of fused-ring (bicyclic) bond motifs is 1. The standard InChI is InChI=1S/C16H19N5O7S/c1-16(2)8-9-6-5-7-10(11(9)27-16)28-29(23,24)21-13(22)17-12-18-14(25-3)20-15(19-12)26-4/h5-7H,8H2,1-4H3,(H2,17,18,19,20,21,22). The molecule has 1 aromatic heterocycles. The van der Waals surface area contributed by atoms with Crippen LogP contribution in [0.2, 0.25) is 0 Å². The minimum atomic E-state index is -4.52. The first kappa shape index (κ1) is 20.4. The van der Waals surface area contributed by atoms with E-state index in [0.717, 1.165) is 5.56 Å². The Hall–Kier alpha value is -3.35. The number of rotatable bonds is 6. The van der Waals surface area contributed by atoms with E-state index < -0.39 is 21.9 Å². The predicted octanol–water partition coefficient (Wildman–Crippen LogP) is 1.05. The van der Waals surface area contributed by atoms with E-state index in [9.17, 15) is 13.2 Å². The van der Waals surface area contributed by atoms with E-state index in [2.05, 4.69) is 20.3 Å². The fourth-order valence-corrected chi connectivity index (χ4v) is 3.30. The molecule has 0 spiro atoms.